The Kier molecular flexibility index (Phi) is 67.6. The van der Waals surface area contributed by atoms with E-state index in [2.05, 4.69) is 93.7 Å². The van der Waals surface area contributed by atoms with Crippen molar-refractivity contribution in [2.45, 2.75) is 380 Å². The van der Waals surface area contributed by atoms with Gasteiger partial charge in [-0.1, -0.05) is 318 Å². The second kappa shape index (κ2) is 70.3. The molecule has 0 aromatic heterocycles. The summed E-state index contributed by atoms with van der Waals surface area (Å²) in [6, 6.07) is 0. The van der Waals surface area contributed by atoms with Crippen LogP contribution in [0.25, 0.3) is 0 Å². The van der Waals surface area contributed by atoms with Gasteiger partial charge in [-0.05, 0) is 109 Å². The zero-order valence-electron chi connectivity index (χ0n) is 54.8. The summed E-state index contributed by atoms with van der Waals surface area (Å²) in [5.74, 6) is -0.878. The van der Waals surface area contributed by atoms with Gasteiger partial charge in [0, 0.05) is 19.3 Å². The van der Waals surface area contributed by atoms with Crippen molar-refractivity contribution in [3.8, 4) is 0 Å². The summed E-state index contributed by atoms with van der Waals surface area (Å²) in [5.41, 5.74) is 0. The Hall–Kier alpha value is -3.15. The highest BCUT2D eigenvalue weighted by Gasteiger charge is 2.19. The average Bonchev–Trinajstić information content (AvgIpc) is 3.47. The van der Waals surface area contributed by atoms with E-state index in [0.717, 1.165) is 96.3 Å². The Labute approximate surface area is 510 Å². The predicted molar refractivity (Wildman–Crippen MR) is 358 cm³/mol. The van der Waals surface area contributed by atoms with Crippen LogP contribution in [-0.4, -0.2) is 37.2 Å². The number of ether oxygens (including phenoxy) is 3. The molecule has 1 atom stereocenters. The molecule has 0 aliphatic rings. The van der Waals surface area contributed by atoms with Gasteiger partial charge in [0.15, 0.2) is 6.10 Å². The lowest BCUT2D eigenvalue weighted by Crippen LogP contribution is -2.30. The Morgan fingerprint density at radius 1 is 0.244 bits per heavy atom. The summed E-state index contributed by atoms with van der Waals surface area (Å²) < 4.78 is 17.0. The minimum absolute atomic E-state index is 0.0782. The van der Waals surface area contributed by atoms with Crippen LogP contribution in [-0.2, 0) is 28.6 Å². The molecule has 0 heterocycles. The van der Waals surface area contributed by atoms with Gasteiger partial charge in [-0.2, -0.15) is 0 Å². The van der Waals surface area contributed by atoms with Crippen LogP contribution < -0.4 is 0 Å². The molecule has 0 saturated heterocycles. The number of rotatable bonds is 66. The van der Waals surface area contributed by atoms with Crippen LogP contribution in [0.2, 0.25) is 0 Å². The van der Waals surface area contributed by atoms with Crippen LogP contribution >= 0.6 is 0 Å². The summed E-state index contributed by atoms with van der Waals surface area (Å²) >= 11 is 0. The van der Waals surface area contributed by atoms with E-state index in [1.165, 1.54) is 238 Å². The summed E-state index contributed by atoms with van der Waals surface area (Å²) in [6.45, 7) is 6.59. The predicted octanol–water partition coefficient (Wildman–Crippen LogP) is 24.8. The third kappa shape index (κ3) is 67.6. The molecule has 0 aliphatic carbocycles. The first kappa shape index (κ1) is 78.8. The van der Waals surface area contributed by atoms with Gasteiger partial charge in [0.05, 0.1) is 0 Å². The Morgan fingerprint density at radius 3 is 0.744 bits per heavy atom. The zero-order valence-corrected chi connectivity index (χ0v) is 54.8. The summed E-state index contributed by atoms with van der Waals surface area (Å²) in [7, 11) is 0. The fraction of sp³-hybridized carbons (Fsp3) is 0.803. The Morgan fingerprint density at radius 2 is 0.463 bits per heavy atom. The molecule has 0 saturated carbocycles. The van der Waals surface area contributed by atoms with Gasteiger partial charge in [0.2, 0.25) is 0 Å². The lowest BCUT2D eigenvalue weighted by molar-refractivity contribution is -0.167. The van der Waals surface area contributed by atoms with Crippen LogP contribution in [0.4, 0.5) is 0 Å². The van der Waals surface area contributed by atoms with Crippen molar-refractivity contribution in [2.24, 2.45) is 0 Å². The molecule has 1 unspecified atom stereocenters. The molecule has 0 amide bonds. The molecule has 0 radical (unpaired) electrons. The largest absolute Gasteiger partial charge is 0.462 e. The van der Waals surface area contributed by atoms with Crippen LogP contribution in [0, 0.1) is 0 Å². The van der Waals surface area contributed by atoms with Crippen LogP contribution in [0.15, 0.2) is 72.9 Å². The molecule has 0 fully saturated rings. The van der Waals surface area contributed by atoms with E-state index in [0.29, 0.717) is 19.3 Å². The molecule has 82 heavy (non-hydrogen) atoms. The maximum atomic E-state index is 12.9. The number of esters is 3. The van der Waals surface area contributed by atoms with Gasteiger partial charge in [0.1, 0.15) is 13.2 Å². The Balaban J connectivity index is 4.16. The molecule has 6 heteroatoms. The number of carbonyl (C=O) groups excluding carboxylic acids is 3. The monoisotopic (exact) mass is 1150 g/mol. The fourth-order valence-corrected chi connectivity index (χ4v) is 10.5. The smallest absolute Gasteiger partial charge is 0.306 e. The van der Waals surface area contributed by atoms with Gasteiger partial charge < -0.3 is 14.2 Å². The van der Waals surface area contributed by atoms with E-state index in [-0.39, 0.29) is 31.1 Å². The number of hydrogen-bond donors (Lipinski definition) is 0. The highest BCUT2D eigenvalue weighted by Crippen LogP contribution is 2.18. The molecule has 476 valence electrons. The molecule has 0 aliphatic heterocycles. The number of hydrogen-bond acceptors (Lipinski definition) is 6. The maximum absolute atomic E-state index is 12.9. The quantitative estimate of drug-likeness (QED) is 0.0261. The normalized spacial score (nSPS) is 12.5. The van der Waals surface area contributed by atoms with Crippen LogP contribution in [0.1, 0.15) is 374 Å². The van der Waals surface area contributed by atoms with Gasteiger partial charge in [-0.25, -0.2) is 0 Å². The summed E-state index contributed by atoms with van der Waals surface area (Å²) in [5, 5.41) is 0. The lowest BCUT2D eigenvalue weighted by Gasteiger charge is -2.18. The third-order valence-corrected chi connectivity index (χ3v) is 15.9. The summed E-state index contributed by atoms with van der Waals surface area (Å²) in [6.07, 6.45) is 92.3. The van der Waals surface area contributed by atoms with Crippen LogP contribution in [0.3, 0.4) is 0 Å². The van der Waals surface area contributed by atoms with E-state index in [9.17, 15) is 14.4 Å². The fourth-order valence-electron chi connectivity index (χ4n) is 10.5. The SMILES string of the molecule is CCC/C=C\C/C=C\CCCCCCCC(=O)OCC(COC(=O)CCCCCCCCCCCCCCCCCCCC/C=C\C/C=C\C/C=C\CCCCCCC)OC(=O)CCCCCCCCC/C=C\CCCCCCCCC. The van der Waals surface area contributed by atoms with E-state index >= 15 is 0 Å². The minimum Gasteiger partial charge on any atom is -0.462 e. The van der Waals surface area contributed by atoms with Gasteiger partial charge in [0.25, 0.3) is 0 Å². The van der Waals surface area contributed by atoms with E-state index < -0.39 is 6.10 Å². The van der Waals surface area contributed by atoms with Crippen molar-refractivity contribution >= 4 is 17.9 Å². The maximum Gasteiger partial charge on any atom is 0.306 e. The van der Waals surface area contributed by atoms with E-state index in [4.69, 9.17) is 14.2 Å². The first-order chi connectivity index (χ1) is 40.5. The first-order valence-electron chi connectivity index (χ1n) is 35.9. The number of allylic oxidation sites excluding steroid dienone is 12. The second-order valence-corrected chi connectivity index (χ2v) is 24.1. The topological polar surface area (TPSA) is 78.9 Å². The van der Waals surface area contributed by atoms with Crippen molar-refractivity contribution in [3.63, 3.8) is 0 Å². The van der Waals surface area contributed by atoms with Crippen molar-refractivity contribution in [2.75, 3.05) is 13.2 Å². The standard InChI is InChI=1S/C76H136O6/c1-4-7-10-13-16-19-22-25-27-29-31-32-33-34-35-36-37-38-39-40-41-42-43-44-45-47-48-51-54-57-60-63-66-69-75(78)81-72-73(71-80-74(77)68-65-62-59-56-53-50-24-21-18-15-12-9-6-3)82-76(79)70-67-64-61-58-55-52-49-46-30-28-26-23-20-17-14-11-8-5-2/h12,15,21-22,24-25,28-31,33-34,73H,4-11,13-14,16-20,23,26-27,32,35-72H2,1-3H3/b15-12-,24-21-,25-22-,30-28-,31-29-,34-33-. The molecular weight excluding hydrogens is 1010 g/mol. The number of carbonyl (C=O) groups is 3. The third-order valence-electron chi connectivity index (χ3n) is 15.9. The molecule has 0 rings (SSSR count). The van der Waals surface area contributed by atoms with Crippen LogP contribution in [0.5, 0.6) is 0 Å². The molecule has 0 aromatic rings. The lowest BCUT2D eigenvalue weighted by atomic mass is 10.0. The van der Waals surface area contributed by atoms with Crippen molar-refractivity contribution in [1.82, 2.24) is 0 Å². The van der Waals surface area contributed by atoms with Gasteiger partial charge in [-0.15, -0.1) is 0 Å². The average molecular weight is 1150 g/mol. The van der Waals surface area contributed by atoms with Gasteiger partial charge in [-0.3, -0.25) is 14.4 Å². The number of unbranched alkanes of at least 4 members (excludes halogenated alkanes) is 43. The molecule has 0 bridgehead atoms. The van der Waals surface area contributed by atoms with E-state index in [1.54, 1.807) is 0 Å². The molecule has 6 nitrogen and oxygen atoms in total. The second-order valence-electron chi connectivity index (χ2n) is 24.1. The Bertz CT molecular complexity index is 1500. The van der Waals surface area contributed by atoms with Crippen molar-refractivity contribution in [3.05, 3.63) is 72.9 Å². The molecule has 0 spiro atoms. The molecule has 0 N–H and O–H groups in total. The highest BCUT2D eigenvalue weighted by molar-refractivity contribution is 5.71. The minimum atomic E-state index is -0.783. The van der Waals surface area contributed by atoms with Crippen molar-refractivity contribution < 1.29 is 28.6 Å². The highest BCUT2D eigenvalue weighted by atomic mass is 16.6. The van der Waals surface area contributed by atoms with E-state index in [1.807, 2.05) is 0 Å². The first-order valence-corrected chi connectivity index (χ1v) is 35.9. The molecular formula is C76H136O6. The van der Waals surface area contributed by atoms with Crippen molar-refractivity contribution in [1.29, 1.82) is 0 Å². The summed E-state index contributed by atoms with van der Waals surface area (Å²) in [4.78, 5) is 38.4. The van der Waals surface area contributed by atoms with Gasteiger partial charge >= 0.3 is 17.9 Å². The molecule has 0 aromatic carbocycles. The zero-order chi connectivity index (χ0) is 59.2.